The molecule has 0 aromatic rings. The van der Waals surface area contributed by atoms with Crippen molar-refractivity contribution in [3.05, 3.63) is 0 Å². The molecule has 0 atom stereocenters. The predicted molar refractivity (Wildman–Crippen MR) is 49.6 cm³/mol. The molecule has 0 aliphatic carbocycles. The van der Waals surface area contributed by atoms with Crippen LogP contribution in [0.4, 0.5) is 0 Å². The fraction of sp³-hybridized carbons (Fsp3) is 0.900. The number of carbonyl (C=O) groups is 1. The van der Waals surface area contributed by atoms with Gasteiger partial charge in [-0.05, 0) is 26.7 Å². The molecular weight excluding hydrogens is 168 g/mol. The summed E-state index contributed by atoms with van der Waals surface area (Å²) < 4.78 is 10.4. The molecule has 1 aliphatic rings. The van der Waals surface area contributed by atoms with E-state index < -0.39 is 0 Å². The molecule has 1 saturated heterocycles. The molecule has 1 rings (SSSR count). The monoisotopic (exact) mass is 186 g/mol. The smallest absolute Gasteiger partial charge is 0.161 e. The number of hydrogen-bond acceptors (Lipinski definition) is 3. The lowest BCUT2D eigenvalue weighted by molar-refractivity contribution is -0.131. The fourth-order valence-corrected chi connectivity index (χ4v) is 1.39. The van der Waals surface area contributed by atoms with E-state index in [1.54, 1.807) is 0 Å². The van der Waals surface area contributed by atoms with Crippen molar-refractivity contribution in [3.8, 4) is 0 Å². The van der Waals surface area contributed by atoms with Gasteiger partial charge in [-0.2, -0.15) is 0 Å². The predicted octanol–water partition coefficient (Wildman–Crippen LogP) is 1.41. The van der Waals surface area contributed by atoms with E-state index >= 15 is 0 Å². The highest BCUT2D eigenvalue weighted by Crippen LogP contribution is 2.15. The Bertz CT molecular complexity index is 160. The Hall–Kier alpha value is -0.410. The molecule has 0 aromatic heterocycles. The number of Topliss-reactive ketones (excluding diaryl/α,β-unsaturated/α-hetero) is 1. The van der Waals surface area contributed by atoms with E-state index in [9.17, 15) is 4.79 Å². The van der Waals surface area contributed by atoms with Gasteiger partial charge in [0.15, 0.2) is 5.78 Å². The molecular formula is C10H18O3. The van der Waals surface area contributed by atoms with Crippen LogP contribution in [0.2, 0.25) is 0 Å². The van der Waals surface area contributed by atoms with Gasteiger partial charge in [-0.1, -0.05) is 0 Å². The molecule has 76 valence electrons. The van der Waals surface area contributed by atoms with E-state index in [-0.39, 0.29) is 24.4 Å². The van der Waals surface area contributed by atoms with Crippen molar-refractivity contribution < 1.29 is 14.3 Å². The lowest BCUT2D eigenvalue weighted by Crippen LogP contribution is -2.27. The molecule has 3 heteroatoms. The van der Waals surface area contributed by atoms with Gasteiger partial charge in [0, 0.05) is 19.1 Å². The average Bonchev–Trinajstić information content (AvgIpc) is 2.15. The molecule has 0 spiro atoms. The second kappa shape index (κ2) is 5.35. The van der Waals surface area contributed by atoms with Gasteiger partial charge in [0.05, 0.1) is 6.10 Å². The van der Waals surface area contributed by atoms with Crippen LogP contribution < -0.4 is 0 Å². The Kier molecular flexibility index (Phi) is 4.39. The Morgan fingerprint density at radius 2 is 2.08 bits per heavy atom. The highest BCUT2D eigenvalue weighted by molar-refractivity contribution is 5.82. The van der Waals surface area contributed by atoms with Gasteiger partial charge in [0.25, 0.3) is 0 Å². The van der Waals surface area contributed by atoms with Crippen LogP contribution in [0.1, 0.15) is 26.7 Å². The number of ether oxygens (including phenoxy) is 2. The fourth-order valence-electron chi connectivity index (χ4n) is 1.39. The zero-order chi connectivity index (χ0) is 9.68. The summed E-state index contributed by atoms with van der Waals surface area (Å²) in [4.78, 5) is 11.5. The van der Waals surface area contributed by atoms with Crippen molar-refractivity contribution in [2.24, 2.45) is 5.92 Å². The van der Waals surface area contributed by atoms with Crippen LogP contribution in [0.3, 0.4) is 0 Å². The molecule has 0 N–H and O–H groups in total. The summed E-state index contributed by atoms with van der Waals surface area (Å²) in [6.45, 7) is 5.59. The molecule has 0 unspecified atom stereocenters. The summed E-state index contributed by atoms with van der Waals surface area (Å²) >= 11 is 0. The minimum atomic E-state index is 0.142. The zero-order valence-corrected chi connectivity index (χ0v) is 8.41. The average molecular weight is 186 g/mol. The molecule has 0 bridgehead atoms. The van der Waals surface area contributed by atoms with Crippen LogP contribution in [0.25, 0.3) is 0 Å². The van der Waals surface area contributed by atoms with Crippen LogP contribution in [-0.4, -0.2) is 31.7 Å². The standard InChI is InChI=1S/C10H18O3/c1-8(2)13-7-10(11)9-3-5-12-6-4-9/h8-9H,3-7H2,1-2H3. The maximum atomic E-state index is 11.5. The van der Waals surface area contributed by atoms with E-state index in [1.807, 2.05) is 13.8 Å². The Morgan fingerprint density at radius 1 is 1.46 bits per heavy atom. The Balaban J connectivity index is 2.21. The quantitative estimate of drug-likeness (QED) is 0.666. The topological polar surface area (TPSA) is 35.5 Å². The van der Waals surface area contributed by atoms with Crippen LogP contribution in [0.15, 0.2) is 0 Å². The van der Waals surface area contributed by atoms with Crippen LogP contribution >= 0.6 is 0 Å². The normalized spacial score (nSPS) is 19.3. The third-order valence-electron chi connectivity index (χ3n) is 2.24. The number of hydrogen-bond donors (Lipinski definition) is 0. The van der Waals surface area contributed by atoms with E-state index in [4.69, 9.17) is 9.47 Å². The van der Waals surface area contributed by atoms with Crippen molar-refractivity contribution in [2.45, 2.75) is 32.8 Å². The summed E-state index contributed by atoms with van der Waals surface area (Å²) in [6.07, 6.45) is 1.87. The van der Waals surface area contributed by atoms with E-state index in [2.05, 4.69) is 0 Å². The van der Waals surface area contributed by atoms with Crippen molar-refractivity contribution in [3.63, 3.8) is 0 Å². The molecule has 0 radical (unpaired) electrons. The largest absolute Gasteiger partial charge is 0.381 e. The molecule has 13 heavy (non-hydrogen) atoms. The molecule has 3 nitrogen and oxygen atoms in total. The molecule has 1 heterocycles. The van der Waals surface area contributed by atoms with Gasteiger partial charge in [-0.3, -0.25) is 4.79 Å². The van der Waals surface area contributed by atoms with E-state index in [0.717, 1.165) is 26.1 Å². The number of rotatable bonds is 4. The maximum Gasteiger partial charge on any atom is 0.161 e. The second-order valence-corrected chi connectivity index (χ2v) is 3.71. The zero-order valence-electron chi connectivity index (χ0n) is 8.41. The van der Waals surface area contributed by atoms with Gasteiger partial charge in [0.2, 0.25) is 0 Å². The van der Waals surface area contributed by atoms with E-state index in [1.165, 1.54) is 0 Å². The summed E-state index contributed by atoms with van der Waals surface area (Å²) in [5.41, 5.74) is 0. The van der Waals surface area contributed by atoms with Gasteiger partial charge in [-0.15, -0.1) is 0 Å². The molecule has 1 aliphatic heterocycles. The van der Waals surface area contributed by atoms with Gasteiger partial charge in [-0.25, -0.2) is 0 Å². The molecule has 1 fully saturated rings. The summed E-state index contributed by atoms with van der Waals surface area (Å²) in [5.74, 6) is 0.407. The Morgan fingerprint density at radius 3 is 2.62 bits per heavy atom. The third kappa shape index (κ3) is 3.87. The number of carbonyl (C=O) groups excluding carboxylic acids is 1. The second-order valence-electron chi connectivity index (χ2n) is 3.71. The minimum Gasteiger partial charge on any atom is -0.381 e. The summed E-state index contributed by atoms with van der Waals surface area (Å²) in [6, 6.07) is 0. The molecule has 0 amide bonds. The van der Waals surface area contributed by atoms with E-state index in [0.29, 0.717) is 0 Å². The lowest BCUT2D eigenvalue weighted by atomic mass is 9.96. The van der Waals surface area contributed by atoms with Crippen molar-refractivity contribution in [1.82, 2.24) is 0 Å². The van der Waals surface area contributed by atoms with Crippen molar-refractivity contribution in [1.29, 1.82) is 0 Å². The first-order chi connectivity index (χ1) is 6.20. The first-order valence-electron chi connectivity index (χ1n) is 4.92. The summed E-state index contributed by atoms with van der Waals surface area (Å²) in [5, 5.41) is 0. The van der Waals surface area contributed by atoms with Gasteiger partial charge in [0.1, 0.15) is 6.61 Å². The Labute approximate surface area is 79.4 Å². The first-order valence-corrected chi connectivity index (χ1v) is 4.92. The highest BCUT2D eigenvalue weighted by atomic mass is 16.5. The number of ketones is 1. The van der Waals surface area contributed by atoms with Gasteiger partial charge < -0.3 is 9.47 Å². The van der Waals surface area contributed by atoms with Crippen molar-refractivity contribution >= 4 is 5.78 Å². The lowest BCUT2D eigenvalue weighted by Gasteiger charge is -2.21. The van der Waals surface area contributed by atoms with Crippen molar-refractivity contribution in [2.75, 3.05) is 19.8 Å². The maximum absolute atomic E-state index is 11.5. The van der Waals surface area contributed by atoms with Crippen LogP contribution in [-0.2, 0) is 14.3 Å². The third-order valence-corrected chi connectivity index (χ3v) is 2.24. The summed E-state index contributed by atoms with van der Waals surface area (Å²) in [7, 11) is 0. The van der Waals surface area contributed by atoms with Crippen LogP contribution in [0.5, 0.6) is 0 Å². The van der Waals surface area contributed by atoms with Gasteiger partial charge >= 0.3 is 0 Å². The molecule has 0 saturated carbocycles. The van der Waals surface area contributed by atoms with Crippen LogP contribution in [0, 0.1) is 5.92 Å². The molecule has 0 aromatic carbocycles. The minimum absolute atomic E-state index is 0.142. The highest BCUT2D eigenvalue weighted by Gasteiger charge is 2.21. The first kappa shape index (κ1) is 10.7. The SMILES string of the molecule is CC(C)OCC(=O)C1CCOCC1.